The van der Waals surface area contributed by atoms with Crippen molar-refractivity contribution in [1.29, 1.82) is 0 Å². The maximum absolute atomic E-state index is 11.6. The van der Waals surface area contributed by atoms with Crippen LogP contribution in [0.4, 0.5) is 0 Å². The van der Waals surface area contributed by atoms with Gasteiger partial charge in [-0.3, -0.25) is 4.79 Å². The zero-order valence-corrected chi connectivity index (χ0v) is 12.3. The van der Waals surface area contributed by atoms with Gasteiger partial charge in [-0.2, -0.15) is 0 Å². The number of Topliss-reactive ketones (excluding diaryl/α,β-unsaturated/α-hetero) is 1. The highest BCUT2D eigenvalue weighted by atomic mass is 79.9. The summed E-state index contributed by atoms with van der Waals surface area (Å²) < 4.78 is 6.63. The molecule has 0 bridgehead atoms. The Hall–Kier alpha value is -1.35. The molecule has 2 aromatic rings. The fourth-order valence-electron chi connectivity index (χ4n) is 2.02. The Labute approximate surface area is 115 Å². The van der Waals surface area contributed by atoms with E-state index in [9.17, 15) is 4.79 Å². The van der Waals surface area contributed by atoms with Crippen molar-refractivity contribution >= 4 is 21.7 Å². The summed E-state index contributed by atoms with van der Waals surface area (Å²) in [6.45, 7) is 5.92. The summed E-state index contributed by atoms with van der Waals surface area (Å²) in [6, 6.07) is 7.74. The number of carbonyl (C=O) groups is 1. The van der Waals surface area contributed by atoms with Crippen LogP contribution in [0.5, 0.6) is 0 Å². The largest absolute Gasteiger partial charge is 0.453 e. The van der Waals surface area contributed by atoms with Crippen LogP contribution in [-0.2, 0) is 0 Å². The molecule has 0 unspecified atom stereocenters. The Kier molecular flexibility index (Phi) is 3.71. The maximum Gasteiger partial charge on any atom is 0.197 e. The minimum absolute atomic E-state index is 0.0298. The molecule has 2 nitrogen and oxygen atoms in total. The highest BCUT2D eigenvalue weighted by molar-refractivity contribution is 9.10. The van der Waals surface area contributed by atoms with Gasteiger partial charge in [0, 0.05) is 16.5 Å². The Bertz CT molecular complexity index is 573. The van der Waals surface area contributed by atoms with Gasteiger partial charge in [0.05, 0.1) is 0 Å². The molecule has 0 aliphatic rings. The van der Waals surface area contributed by atoms with E-state index in [1.807, 2.05) is 26.0 Å². The summed E-state index contributed by atoms with van der Waals surface area (Å²) in [5.41, 5.74) is 3.34. The average molecular weight is 307 g/mol. The second-order valence-electron chi connectivity index (χ2n) is 4.38. The monoisotopic (exact) mass is 306 g/mol. The fraction of sp³-hybridized carbons (Fsp3) is 0.267. The van der Waals surface area contributed by atoms with Crippen molar-refractivity contribution in [3.63, 3.8) is 0 Å². The second kappa shape index (κ2) is 5.11. The second-order valence-corrected chi connectivity index (χ2v) is 5.23. The zero-order valence-electron chi connectivity index (χ0n) is 10.7. The van der Waals surface area contributed by atoms with Crippen molar-refractivity contribution in [1.82, 2.24) is 0 Å². The number of hydrogen-bond acceptors (Lipinski definition) is 2. The number of furan rings is 1. The van der Waals surface area contributed by atoms with Gasteiger partial charge in [-0.1, -0.05) is 28.9 Å². The summed E-state index contributed by atoms with van der Waals surface area (Å²) in [7, 11) is 0. The summed E-state index contributed by atoms with van der Waals surface area (Å²) in [5, 5.41) is 0. The molecule has 1 heterocycles. The molecule has 0 saturated heterocycles. The lowest BCUT2D eigenvalue weighted by molar-refractivity contribution is 0.0962. The molecule has 0 spiro atoms. The van der Waals surface area contributed by atoms with Crippen LogP contribution < -0.4 is 0 Å². The van der Waals surface area contributed by atoms with E-state index in [-0.39, 0.29) is 5.78 Å². The van der Waals surface area contributed by atoms with E-state index in [0.717, 1.165) is 21.4 Å². The van der Waals surface area contributed by atoms with E-state index in [4.69, 9.17) is 4.42 Å². The number of ketones is 1. The SMILES string of the molecule is CCC(=O)c1ccc(-c2c(C)cc(C)cc2Br)o1. The molecule has 3 heteroatoms. The average Bonchev–Trinajstić information content (AvgIpc) is 2.76. The maximum atomic E-state index is 11.6. The Morgan fingerprint density at radius 3 is 2.61 bits per heavy atom. The molecule has 0 aliphatic heterocycles. The molecule has 0 N–H and O–H groups in total. The van der Waals surface area contributed by atoms with Gasteiger partial charge in [-0.25, -0.2) is 0 Å². The van der Waals surface area contributed by atoms with Gasteiger partial charge >= 0.3 is 0 Å². The predicted molar refractivity (Wildman–Crippen MR) is 75.9 cm³/mol. The first-order chi connectivity index (χ1) is 8.52. The molecule has 2 rings (SSSR count). The Balaban J connectivity index is 2.49. The molecule has 18 heavy (non-hydrogen) atoms. The molecule has 94 valence electrons. The highest BCUT2D eigenvalue weighted by Crippen LogP contribution is 2.33. The van der Waals surface area contributed by atoms with Crippen molar-refractivity contribution < 1.29 is 9.21 Å². The zero-order chi connectivity index (χ0) is 13.3. The van der Waals surface area contributed by atoms with Gasteiger partial charge in [0.25, 0.3) is 0 Å². The third-order valence-electron chi connectivity index (χ3n) is 2.88. The van der Waals surface area contributed by atoms with Crippen molar-refractivity contribution in [3.8, 4) is 11.3 Å². The van der Waals surface area contributed by atoms with Gasteiger partial charge in [0.2, 0.25) is 0 Å². The van der Waals surface area contributed by atoms with Crippen LogP contribution in [0.3, 0.4) is 0 Å². The lowest BCUT2D eigenvalue weighted by atomic mass is 10.0. The first-order valence-electron chi connectivity index (χ1n) is 5.93. The number of carbonyl (C=O) groups excluding carboxylic acids is 1. The normalized spacial score (nSPS) is 10.7. The summed E-state index contributed by atoms with van der Waals surface area (Å²) in [6.07, 6.45) is 0.459. The van der Waals surface area contributed by atoms with Crippen LogP contribution in [0.15, 0.2) is 33.2 Å². The van der Waals surface area contributed by atoms with Gasteiger partial charge in [0.1, 0.15) is 5.76 Å². The number of aryl methyl sites for hydroxylation is 2. The number of rotatable bonds is 3. The molecule has 0 atom stereocenters. The Morgan fingerprint density at radius 1 is 1.28 bits per heavy atom. The molecule has 0 saturated carbocycles. The van der Waals surface area contributed by atoms with Crippen molar-refractivity contribution in [3.05, 3.63) is 45.6 Å². The number of hydrogen-bond donors (Lipinski definition) is 0. The van der Waals surface area contributed by atoms with Crippen LogP contribution >= 0.6 is 15.9 Å². The van der Waals surface area contributed by atoms with Crippen molar-refractivity contribution in [2.45, 2.75) is 27.2 Å². The topological polar surface area (TPSA) is 30.2 Å². The van der Waals surface area contributed by atoms with E-state index in [2.05, 4.69) is 28.9 Å². The molecular formula is C15H15BrO2. The first kappa shape index (κ1) is 13.1. The standard InChI is InChI=1S/C15H15BrO2/c1-4-12(17)13-5-6-14(18-13)15-10(3)7-9(2)8-11(15)16/h5-8H,4H2,1-3H3. The molecular weight excluding hydrogens is 292 g/mol. The first-order valence-corrected chi connectivity index (χ1v) is 6.72. The molecule has 0 amide bonds. The minimum atomic E-state index is 0.0298. The third-order valence-corrected chi connectivity index (χ3v) is 3.51. The summed E-state index contributed by atoms with van der Waals surface area (Å²) >= 11 is 3.55. The van der Waals surface area contributed by atoms with Crippen LogP contribution in [0, 0.1) is 13.8 Å². The van der Waals surface area contributed by atoms with Crippen molar-refractivity contribution in [2.24, 2.45) is 0 Å². The van der Waals surface area contributed by atoms with Crippen LogP contribution in [0.1, 0.15) is 35.0 Å². The quantitative estimate of drug-likeness (QED) is 0.753. The van der Waals surface area contributed by atoms with Gasteiger partial charge < -0.3 is 4.42 Å². The van der Waals surface area contributed by atoms with Crippen LogP contribution in [0.25, 0.3) is 11.3 Å². The molecule has 0 radical (unpaired) electrons. The van der Waals surface area contributed by atoms with Gasteiger partial charge in [-0.15, -0.1) is 0 Å². The smallest absolute Gasteiger partial charge is 0.197 e. The number of halogens is 1. The Morgan fingerprint density at radius 2 is 2.00 bits per heavy atom. The molecule has 0 fully saturated rings. The van der Waals surface area contributed by atoms with E-state index in [1.54, 1.807) is 6.07 Å². The predicted octanol–water partition coefficient (Wildman–Crippen LogP) is 4.92. The van der Waals surface area contributed by atoms with Crippen molar-refractivity contribution in [2.75, 3.05) is 0 Å². The molecule has 1 aromatic carbocycles. The highest BCUT2D eigenvalue weighted by Gasteiger charge is 2.14. The summed E-state index contributed by atoms with van der Waals surface area (Å²) in [4.78, 5) is 11.6. The number of benzene rings is 1. The van der Waals surface area contributed by atoms with Crippen LogP contribution in [0.2, 0.25) is 0 Å². The minimum Gasteiger partial charge on any atom is -0.453 e. The molecule has 0 aliphatic carbocycles. The lowest BCUT2D eigenvalue weighted by Gasteiger charge is -2.07. The van der Waals surface area contributed by atoms with E-state index >= 15 is 0 Å². The van der Waals surface area contributed by atoms with E-state index < -0.39 is 0 Å². The van der Waals surface area contributed by atoms with Gasteiger partial charge in [-0.05, 0) is 43.2 Å². The van der Waals surface area contributed by atoms with E-state index in [0.29, 0.717) is 12.2 Å². The van der Waals surface area contributed by atoms with Crippen LogP contribution in [-0.4, -0.2) is 5.78 Å². The fourth-order valence-corrected chi connectivity index (χ4v) is 2.89. The third kappa shape index (κ3) is 2.41. The summed E-state index contributed by atoms with van der Waals surface area (Å²) in [5.74, 6) is 1.19. The van der Waals surface area contributed by atoms with E-state index in [1.165, 1.54) is 5.56 Å². The molecule has 1 aromatic heterocycles. The van der Waals surface area contributed by atoms with Gasteiger partial charge in [0.15, 0.2) is 11.5 Å². The lowest BCUT2D eigenvalue weighted by Crippen LogP contribution is -1.92.